The highest BCUT2D eigenvalue weighted by atomic mass is 16.5. The zero-order chi connectivity index (χ0) is 15.4. The molecule has 0 bridgehead atoms. The standard InChI is InChI=1S/C18H18N2O2/c19-11-14-5-7-15(8-6-14)12-20-18(13-21)9-10-22-17-4-2-1-3-16(17)18/h1-8,20-21H,9-10,12-13H2/t18-/m0/s1. The molecule has 2 aromatic carbocycles. The van der Waals surface area contributed by atoms with Crippen LogP contribution in [0.5, 0.6) is 5.75 Å². The summed E-state index contributed by atoms with van der Waals surface area (Å²) in [4.78, 5) is 0. The second-order valence-corrected chi connectivity index (χ2v) is 5.50. The number of rotatable bonds is 4. The smallest absolute Gasteiger partial charge is 0.124 e. The summed E-state index contributed by atoms with van der Waals surface area (Å²) in [6.45, 7) is 1.22. The van der Waals surface area contributed by atoms with Gasteiger partial charge in [0.25, 0.3) is 0 Å². The third-order valence-electron chi connectivity index (χ3n) is 4.17. The van der Waals surface area contributed by atoms with E-state index in [1.165, 1.54) is 0 Å². The Hall–Kier alpha value is -2.35. The molecule has 4 heteroatoms. The number of hydrogen-bond donors (Lipinski definition) is 2. The van der Waals surface area contributed by atoms with Crippen molar-refractivity contribution in [3.63, 3.8) is 0 Å². The average molecular weight is 294 g/mol. The van der Waals surface area contributed by atoms with Gasteiger partial charge in [0.05, 0.1) is 30.4 Å². The molecule has 1 atom stereocenters. The predicted octanol–water partition coefficient (Wildman–Crippen LogP) is 2.32. The topological polar surface area (TPSA) is 65.3 Å². The van der Waals surface area contributed by atoms with E-state index in [4.69, 9.17) is 10.00 Å². The maximum atomic E-state index is 9.99. The Morgan fingerprint density at radius 3 is 2.68 bits per heavy atom. The van der Waals surface area contributed by atoms with Crippen molar-refractivity contribution >= 4 is 0 Å². The molecule has 0 aromatic heterocycles. The first-order valence-corrected chi connectivity index (χ1v) is 7.35. The van der Waals surface area contributed by atoms with Crippen molar-refractivity contribution < 1.29 is 9.84 Å². The van der Waals surface area contributed by atoms with Crippen LogP contribution >= 0.6 is 0 Å². The number of aliphatic hydroxyl groups excluding tert-OH is 1. The van der Waals surface area contributed by atoms with Crippen molar-refractivity contribution in [1.29, 1.82) is 5.26 Å². The lowest BCUT2D eigenvalue weighted by Crippen LogP contribution is -2.48. The summed E-state index contributed by atoms with van der Waals surface area (Å²) < 4.78 is 5.68. The highest BCUT2D eigenvalue weighted by molar-refractivity contribution is 5.41. The van der Waals surface area contributed by atoms with Crippen LogP contribution in [-0.4, -0.2) is 18.3 Å². The van der Waals surface area contributed by atoms with E-state index in [1.807, 2.05) is 36.4 Å². The average Bonchev–Trinajstić information content (AvgIpc) is 2.60. The van der Waals surface area contributed by atoms with Crippen molar-refractivity contribution in [2.45, 2.75) is 18.5 Å². The Labute approximate surface area is 130 Å². The Bertz CT molecular complexity index is 691. The molecule has 3 rings (SSSR count). The minimum absolute atomic E-state index is 0.0175. The molecular weight excluding hydrogens is 276 g/mol. The van der Waals surface area contributed by atoms with Gasteiger partial charge in [-0.3, -0.25) is 0 Å². The number of nitrogens with one attached hydrogen (secondary N) is 1. The number of para-hydroxylation sites is 1. The molecule has 0 saturated carbocycles. The summed E-state index contributed by atoms with van der Waals surface area (Å²) in [6.07, 6.45) is 0.719. The third kappa shape index (κ3) is 2.69. The van der Waals surface area contributed by atoms with E-state index in [2.05, 4.69) is 11.4 Å². The minimum Gasteiger partial charge on any atom is -0.493 e. The molecular formula is C18H18N2O2. The highest BCUT2D eigenvalue weighted by Gasteiger charge is 2.36. The number of hydrogen-bond acceptors (Lipinski definition) is 4. The molecule has 0 amide bonds. The molecule has 2 aromatic rings. The molecule has 112 valence electrons. The number of ether oxygens (including phenoxy) is 1. The zero-order valence-corrected chi connectivity index (χ0v) is 12.2. The summed E-state index contributed by atoms with van der Waals surface area (Å²) >= 11 is 0. The van der Waals surface area contributed by atoms with Gasteiger partial charge in [0.15, 0.2) is 0 Å². The van der Waals surface area contributed by atoms with Crippen molar-refractivity contribution in [1.82, 2.24) is 5.32 Å². The van der Waals surface area contributed by atoms with E-state index in [0.717, 1.165) is 23.3 Å². The van der Waals surface area contributed by atoms with Gasteiger partial charge in [-0.2, -0.15) is 5.26 Å². The Morgan fingerprint density at radius 1 is 1.18 bits per heavy atom. The van der Waals surface area contributed by atoms with Crippen LogP contribution in [0.15, 0.2) is 48.5 Å². The molecule has 0 unspecified atom stereocenters. The minimum atomic E-state index is -0.483. The molecule has 0 spiro atoms. The van der Waals surface area contributed by atoms with E-state index in [-0.39, 0.29) is 6.61 Å². The van der Waals surface area contributed by atoms with Gasteiger partial charge < -0.3 is 15.2 Å². The fourth-order valence-corrected chi connectivity index (χ4v) is 2.83. The first-order valence-electron chi connectivity index (χ1n) is 7.35. The van der Waals surface area contributed by atoms with Crippen LogP contribution in [0.1, 0.15) is 23.1 Å². The fourth-order valence-electron chi connectivity index (χ4n) is 2.83. The van der Waals surface area contributed by atoms with Crippen LogP contribution in [0.3, 0.4) is 0 Å². The highest BCUT2D eigenvalue weighted by Crippen LogP contribution is 2.36. The normalized spacial score (nSPS) is 19.8. The molecule has 22 heavy (non-hydrogen) atoms. The number of fused-ring (bicyclic) bond motifs is 1. The lowest BCUT2D eigenvalue weighted by atomic mass is 9.85. The zero-order valence-electron chi connectivity index (χ0n) is 12.2. The largest absolute Gasteiger partial charge is 0.493 e. The molecule has 1 aliphatic heterocycles. The van der Waals surface area contributed by atoms with Crippen molar-refractivity contribution in [2.24, 2.45) is 0 Å². The van der Waals surface area contributed by atoms with Gasteiger partial charge in [-0.1, -0.05) is 30.3 Å². The number of nitriles is 1. The molecule has 0 radical (unpaired) electrons. The molecule has 2 N–H and O–H groups in total. The quantitative estimate of drug-likeness (QED) is 0.908. The molecule has 4 nitrogen and oxygen atoms in total. The summed E-state index contributed by atoms with van der Waals surface area (Å²) in [5, 5.41) is 22.3. The Morgan fingerprint density at radius 2 is 1.95 bits per heavy atom. The van der Waals surface area contributed by atoms with Gasteiger partial charge in [0, 0.05) is 18.5 Å². The maximum absolute atomic E-state index is 9.99. The van der Waals surface area contributed by atoms with E-state index < -0.39 is 5.54 Å². The van der Waals surface area contributed by atoms with Gasteiger partial charge in [-0.25, -0.2) is 0 Å². The lowest BCUT2D eigenvalue weighted by Gasteiger charge is -2.38. The number of nitrogens with zero attached hydrogens (tertiary/aromatic N) is 1. The molecule has 0 fully saturated rings. The predicted molar refractivity (Wildman–Crippen MR) is 83.3 cm³/mol. The van der Waals surface area contributed by atoms with Crippen LogP contribution in [0.2, 0.25) is 0 Å². The summed E-state index contributed by atoms with van der Waals surface area (Å²) in [5.41, 5.74) is 2.24. The van der Waals surface area contributed by atoms with E-state index in [9.17, 15) is 5.11 Å². The monoisotopic (exact) mass is 294 g/mol. The van der Waals surface area contributed by atoms with Gasteiger partial charge in [-0.05, 0) is 23.8 Å². The molecule has 1 aliphatic rings. The SMILES string of the molecule is N#Cc1ccc(CN[C@]2(CO)CCOc3ccccc32)cc1. The summed E-state index contributed by atoms with van der Waals surface area (Å²) in [7, 11) is 0. The molecule has 1 heterocycles. The third-order valence-corrected chi connectivity index (χ3v) is 4.17. The van der Waals surface area contributed by atoms with Crippen molar-refractivity contribution in [3.05, 3.63) is 65.2 Å². The maximum Gasteiger partial charge on any atom is 0.124 e. The van der Waals surface area contributed by atoms with E-state index >= 15 is 0 Å². The summed E-state index contributed by atoms with van der Waals surface area (Å²) in [5.74, 6) is 0.829. The Kier molecular flexibility index (Phi) is 4.10. The molecule has 0 saturated heterocycles. The number of aliphatic hydroxyl groups is 1. The van der Waals surface area contributed by atoms with Crippen LogP contribution in [-0.2, 0) is 12.1 Å². The van der Waals surface area contributed by atoms with Crippen LogP contribution in [0, 0.1) is 11.3 Å². The first-order chi connectivity index (χ1) is 10.8. The summed E-state index contributed by atoms with van der Waals surface area (Å²) in [6, 6.07) is 17.4. The van der Waals surface area contributed by atoms with E-state index in [0.29, 0.717) is 18.7 Å². The van der Waals surface area contributed by atoms with Gasteiger partial charge in [0.1, 0.15) is 5.75 Å². The fraction of sp³-hybridized carbons (Fsp3) is 0.278. The van der Waals surface area contributed by atoms with Crippen molar-refractivity contribution in [2.75, 3.05) is 13.2 Å². The number of benzene rings is 2. The lowest BCUT2D eigenvalue weighted by molar-refractivity contribution is 0.106. The van der Waals surface area contributed by atoms with Crippen LogP contribution in [0.25, 0.3) is 0 Å². The van der Waals surface area contributed by atoms with Gasteiger partial charge >= 0.3 is 0 Å². The van der Waals surface area contributed by atoms with Crippen LogP contribution < -0.4 is 10.1 Å². The van der Waals surface area contributed by atoms with Crippen LogP contribution in [0.4, 0.5) is 0 Å². The first kappa shape index (κ1) is 14.6. The van der Waals surface area contributed by atoms with E-state index in [1.54, 1.807) is 12.1 Å². The van der Waals surface area contributed by atoms with Gasteiger partial charge in [0.2, 0.25) is 0 Å². The van der Waals surface area contributed by atoms with Crippen molar-refractivity contribution in [3.8, 4) is 11.8 Å². The second kappa shape index (κ2) is 6.18. The van der Waals surface area contributed by atoms with Gasteiger partial charge in [-0.15, -0.1) is 0 Å². The second-order valence-electron chi connectivity index (χ2n) is 5.50. The Balaban J connectivity index is 1.81. The molecule has 0 aliphatic carbocycles.